The number of aryl methyl sites for hydroxylation is 1. The van der Waals surface area contributed by atoms with Gasteiger partial charge in [-0.1, -0.05) is 18.2 Å². The molecular weight excluding hydrogens is 272 g/mol. The summed E-state index contributed by atoms with van der Waals surface area (Å²) in [6, 6.07) is 10.8. The Hall–Kier alpha value is -1.32. The van der Waals surface area contributed by atoms with Gasteiger partial charge in [0.25, 0.3) is 0 Å². The summed E-state index contributed by atoms with van der Waals surface area (Å²) in [4.78, 5) is 7.16. The molecule has 4 heteroatoms. The maximum absolute atomic E-state index is 5.94. The van der Waals surface area contributed by atoms with Crippen molar-refractivity contribution in [3.05, 3.63) is 35.9 Å². The van der Waals surface area contributed by atoms with Crippen LogP contribution in [0.15, 0.2) is 30.3 Å². The third-order valence-electron chi connectivity index (χ3n) is 3.84. The maximum Gasteiger partial charge on any atom is 0.132 e. The first-order chi connectivity index (χ1) is 9.69. The highest BCUT2D eigenvalue weighted by atomic mass is 35.5. The Balaban J connectivity index is 2.01. The van der Waals surface area contributed by atoms with Crippen LogP contribution in [-0.2, 0) is 4.74 Å². The van der Waals surface area contributed by atoms with Crippen LogP contribution in [0.4, 0.5) is 5.82 Å². The maximum atomic E-state index is 5.94. The molecule has 0 amide bonds. The monoisotopic (exact) mass is 290 g/mol. The Morgan fingerprint density at radius 1 is 1.40 bits per heavy atom. The number of alkyl halides is 1. The number of benzene rings is 1. The fraction of sp³-hybridized carbons (Fsp3) is 0.438. The minimum Gasteiger partial charge on any atom is -0.373 e. The molecular formula is C16H19ClN2O. The molecule has 1 aromatic carbocycles. The van der Waals surface area contributed by atoms with Crippen LogP contribution in [0.3, 0.4) is 0 Å². The highest BCUT2D eigenvalue weighted by Gasteiger charge is 2.27. The van der Waals surface area contributed by atoms with E-state index in [4.69, 9.17) is 21.3 Å². The molecule has 2 atom stereocenters. The average molecular weight is 291 g/mol. The van der Waals surface area contributed by atoms with Gasteiger partial charge < -0.3 is 9.64 Å². The number of anilines is 1. The summed E-state index contributed by atoms with van der Waals surface area (Å²) >= 11 is 5.94. The van der Waals surface area contributed by atoms with Gasteiger partial charge in [0.05, 0.1) is 30.1 Å². The lowest BCUT2D eigenvalue weighted by molar-refractivity contribution is 0.0361. The summed E-state index contributed by atoms with van der Waals surface area (Å²) < 4.78 is 5.72. The first kappa shape index (κ1) is 13.7. The lowest BCUT2D eigenvalue weighted by atomic mass is 10.1. The third-order valence-corrected chi connectivity index (χ3v) is 4.18. The van der Waals surface area contributed by atoms with Crippen LogP contribution in [0, 0.1) is 6.92 Å². The van der Waals surface area contributed by atoms with Gasteiger partial charge in [0.15, 0.2) is 0 Å². The second-order valence-corrected chi connectivity index (χ2v) is 5.74. The van der Waals surface area contributed by atoms with Gasteiger partial charge in [-0.15, -0.1) is 11.6 Å². The summed E-state index contributed by atoms with van der Waals surface area (Å²) in [5.74, 6) is 1.57. The molecule has 0 aliphatic carbocycles. The van der Waals surface area contributed by atoms with E-state index in [1.54, 1.807) is 0 Å². The molecule has 1 aliphatic rings. The van der Waals surface area contributed by atoms with Crippen LogP contribution in [0.5, 0.6) is 0 Å². The molecule has 2 heterocycles. The van der Waals surface area contributed by atoms with Gasteiger partial charge in [0, 0.05) is 11.9 Å². The molecule has 3 nitrogen and oxygen atoms in total. The van der Waals surface area contributed by atoms with E-state index in [1.165, 1.54) is 10.9 Å². The molecule has 0 radical (unpaired) electrons. The molecule has 0 bridgehead atoms. The van der Waals surface area contributed by atoms with Crippen LogP contribution in [-0.4, -0.2) is 36.2 Å². The van der Waals surface area contributed by atoms with E-state index in [0.717, 1.165) is 17.9 Å². The molecule has 2 aromatic rings. The number of nitrogens with zero attached hydrogens (tertiary/aromatic N) is 2. The van der Waals surface area contributed by atoms with E-state index in [1.807, 2.05) is 12.1 Å². The summed E-state index contributed by atoms with van der Waals surface area (Å²) in [5, 5.41) is 1.18. The Labute approximate surface area is 124 Å². The molecule has 1 fully saturated rings. The van der Waals surface area contributed by atoms with Crippen molar-refractivity contribution < 1.29 is 4.74 Å². The summed E-state index contributed by atoms with van der Waals surface area (Å²) in [6.07, 6.45) is 0.0838. The topological polar surface area (TPSA) is 25.4 Å². The number of halogens is 1. The molecule has 0 spiro atoms. The lowest BCUT2D eigenvalue weighted by Crippen LogP contribution is -2.49. The highest BCUT2D eigenvalue weighted by molar-refractivity contribution is 6.18. The zero-order valence-corrected chi connectivity index (χ0v) is 12.6. The Morgan fingerprint density at radius 2 is 2.20 bits per heavy atom. The van der Waals surface area contributed by atoms with Gasteiger partial charge in [-0.25, -0.2) is 4.98 Å². The van der Waals surface area contributed by atoms with E-state index in [-0.39, 0.29) is 6.10 Å². The van der Waals surface area contributed by atoms with Crippen LogP contribution in [0.1, 0.15) is 12.5 Å². The minimum absolute atomic E-state index is 0.0838. The molecule has 1 aromatic heterocycles. The van der Waals surface area contributed by atoms with Crippen LogP contribution >= 0.6 is 11.6 Å². The van der Waals surface area contributed by atoms with E-state index in [0.29, 0.717) is 18.5 Å². The van der Waals surface area contributed by atoms with Crippen LogP contribution in [0.2, 0.25) is 0 Å². The largest absolute Gasteiger partial charge is 0.373 e. The highest BCUT2D eigenvalue weighted by Crippen LogP contribution is 2.27. The predicted octanol–water partition coefficient (Wildman–Crippen LogP) is 3.38. The number of hydrogen-bond donors (Lipinski definition) is 0. The molecule has 1 saturated heterocycles. The van der Waals surface area contributed by atoms with Crippen molar-refractivity contribution in [1.82, 2.24) is 4.98 Å². The average Bonchev–Trinajstić information content (AvgIpc) is 2.47. The van der Waals surface area contributed by atoms with Gasteiger partial charge in [-0.2, -0.15) is 0 Å². The molecule has 0 saturated carbocycles. The van der Waals surface area contributed by atoms with Crippen molar-refractivity contribution in [3.63, 3.8) is 0 Å². The Kier molecular flexibility index (Phi) is 3.81. The smallest absolute Gasteiger partial charge is 0.132 e. The minimum atomic E-state index is 0.0838. The van der Waals surface area contributed by atoms with Crippen molar-refractivity contribution in [3.8, 4) is 0 Å². The number of pyridine rings is 1. The standard InChI is InChI=1S/C16H19ClN2O/c1-11-7-13-5-3-4-6-15(13)18-16(11)19-9-14(8-17)20-10-12(19)2/h3-7,12,14H,8-10H2,1-2H3. The van der Waals surface area contributed by atoms with Crippen molar-refractivity contribution in [2.75, 3.05) is 23.9 Å². The van der Waals surface area contributed by atoms with Gasteiger partial charge in [0.2, 0.25) is 0 Å². The number of hydrogen-bond acceptors (Lipinski definition) is 3. The van der Waals surface area contributed by atoms with E-state index in [9.17, 15) is 0 Å². The first-order valence-electron chi connectivity index (χ1n) is 6.99. The predicted molar refractivity (Wildman–Crippen MR) is 83.7 cm³/mol. The molecule has 1 aliphatic heterocycles. The molecule has 20 heavy (non-hydrogen) atoms. The van der Waals surface area contributed by atoms with Crippen LogP contribution in [0.25, 0.3) is 10.9 Å². The zero-order chi connectivity index (χ0) is 14.1. The van der Waals surface area contributed by atoms with Gasteiger partial charge >= 0.3 is 0 Å². The number of para-hydroxylation sites is 1. The fourth-order valence-electron chi connectivity index (χ4n) is 2.71. The van der Waals surface area contributed by atoms with Crippen molar-refractivity contribution in [2.24, 2.45) is 0 Å². The number of morpholine rings is 1. The summed E-state index contributed by atoms with van der Waals surface area (Å²) in [6.45, 7) is 5.79. The Morgan fingerprint density at radius 3 is 3.00 bits per heavy atom. The quantitative estimate of drug-likeness (QED) is 0.793. The number of aromatic nitrogens is 1. The van der Waals surface area contributed by atoms with Crippen molar-refractivity contribution >= 4 is 28.3 Å². The van der Waals surface area contributed by atoms with Gasteiger partial charge in [-0.3, -0.25) is 0 Å². The number of rotatable bonds is 2. The van der Waals surface area contributed by atoms with E-state index in [2.05, 4.69) is 36.9 Å². The SMILES string of the molecule is Cc1cc2ccccc2nc1N1CC(CCl)OCC1C. The second-order valence-electron chi connectivity index (χ2n) is 5.43. The lowest BCUT2D eigenvalue weighted by Gasteiger charge is -2.39. The van der Waals surface area contributed by atoms with Gasteiger partial charge in [-0.05, 0) is 31.5 Å². The molecule has 3 rings (SSSR count). The third kappa shape index (κ3) is 2.48. The molecule has 0 N–H and O–H groups in total. The second kappa shape index (κ2) is 5.58. The molecule has 106 valence electrons. The summed E-state index contributed by atoms with van der Waals surface area (Å²) in [7, 11) is 0. The first-order valence-corrected chi connectivity index (χ1v) is 7.53. The van der Waals surface area contributed by atoms with Crippen molar-refractivity contribution in [1.29, 1.82) is 0 Å². The van der Waals surface area contributed by atoms with Crippen LogP contribution < -0.4 is 4.90 Å². The van der Waals surface area contributed by atoms with Crippen molar-refractivity contribution in [2.45, 2.75) is 26.0 Å². The normalized spacial score (nSPS) is 23.2. The zero-order valence-electron chi connectivity index (χ0n) is 11.8. The number of ether oxygens (including phenoxy) is 1. The van der Waals surface area contributed by atoms with Gasteiger partial charge in [0.1, 0.15) is 5.82 Å². The molecule has 2 unspecified atom stereocenters. The Bertz CT molecular complexity index is 616. The van der Waals surface area contributed by atoms with E-state index < -0.39 is 0 Å². The summed E-state index contributed by atoms with van der Waals surface area (Å²) in [5.41, 5.74) is 2.24. The number of fused-ring (bicyclic) bond motifs is 1. The fourth-order valence-corrected chi connectivity index (χ4v) is 2.89. The van der Waals surface area contributed by atoms with E-state index >= 15 is 0 Å².